The van der Waals surface area contributed by atoms with E-state index in [4.69, 9.17) is 18.9 Å². The minimum atomic E-state index is -0.194. The Kier molecular flexibility index (Phi) is 3.82. The van der Waals surface area contributed by atoms with Gasteiger partial charge in [-0.3, -0.25) is 0 Å². The zero-order valence-corrected chi connectivity index (χ0v) is 10.9. The second-order valence-corrected chi connectivity index (χ2v) is 4.77. The summed E-state index contributed by atoms with van der Waals surface area (Å²) in [6.07, 6.45) is 3.06. The fourth-order valence-corrected chi connectivity index (χ4v) is 2.38. The summed E-state index contributed by atoms with van der Waals surface area (Å²) in [7, 11) is 0. The standard InChI is InChI=1S/C15H18O4/c1-11-18-13-7-8-16-10-14(15(13)19-11)17-9-12-5-3-2-4-6-12/h2-8,11,13-15H,9-10H2,1H3. The van der Waals surface area contributed by atoms with Crippen molar-refractivity contribution < 1.29 is 18.9 Å². The van der Waals surface area contributed by atoms with Crippen LogP contribution >= 0.6 is 0 Å². The first kappa shape index (κ1) is 12.7. The molecule has 102 valence electrons. The van der Waals surface area contributed by atoms with E-state index in [1.54, 1.807) is 6.26 Å². The van der Waals surface area contributed by atoms with E-state index < -0.39 is 0 Å². The largest absolute Gasteiger partial charge is 0.499 e. The van der Waals surface area contributed by atoms with E-state index in [0.717, 1.165) is 5.56 Å². The third kappa shape index (κ3) is 2.97. The van der Waals surface area contributed by atoms with Crippen LogP contribution in [-0.4, -0.2) is 31.2 Å². The zero-order valence-electron chi connectivity index (χ0n) is 10.9. The number of ether oxygens (including phenoxy) is 4. The maximum absolute atomic E-state index is 5.94. The predicted molar refractivity (Wildman–Crippen MR) is 69.3 cm³/mol. The van der Waals surface area contributed by atoms with Crippen LogP contribution in [0.15, 0.2) is 42.7 Å². The SMILES string of the molecule is CC1OC2C=COCC(OCc3ccccc3)C2O1. The normalized spacial score (nSPS) is 33.5. The van der Waals surface area contributed by atoms with Crippen LogP contribution in [0.5, 0.6) is 0 Å². The first-order valence-corrected chi connectivity index (χ1v) is 6.57. The van der Waals surface area contributed by atoms with Crippen molar-refractivity contribution in [1.29, 1.82) is 0 Å². The van der Waals surface area contributed by atoms with Crippen LogP contribution in [-0.2, 0) is 25.6 Å². The summed E-state index contributed by atoms with van der Waals surface area (Å²) >= 11 is 0. The fraction of sp³-hybridized carbons (Fsp3) is 0.467. The van der Waals surface area contributed by atoms with E-state index in [9.17, 15) is 0 Å². The maximum Gasteiger partial charge on any atom is 0.156 e. The van der Waals surface area contributed by atoms with E-state index in [1.165, 1.54) is 0 Å². The van der Waals surface area contributed by atoms with E-state index in [1.807, 2.05) is 43.3 Å². The molecule has 3 rings (SSSR count). The Morgan fingerprint density at radius 1 is 1.21 bits per heavy atom. The molecule has 4 heteroatoms. The number of benzene rings is 1. The molecule has 1 aromatic carbocycles. The molecule has 0 amide bonds. The topological polar surface area (TPSA) is 36.9 Å². The summed E-state index contributed by atoms with van der Waals surface area (Å²) in [6, 6.07) is 10.1. The Balaban J connectivity index is 1.63. The molecule has 0 spiro atoms. The van der Waals surface area contributed by atoms with Gasteiger partial charge in [0.1, 0.15) is 24.9 Å². The quantitative estimate of drug-likeness (QED) is 0.837. The van der Waals surface area contributed by atoms with Crippen LogP contribution in [0.4, 0.5) is 0 Å². The molecule has 0 N–H and O–H groups in total. The smallest absolute Gasteiger partial charge is 0.156 e. The molecule has 19 heavy (non-hydrogen) atoms. The minimum absolute atomic E-state index is 0.0849. The van der Waals surface area contributed by atoms with Crippen LogP contribution in [0.3, 0.4) is 0 Å². The highest BCUT2D eigenvalue weighted by Crippen LogP contribution is 2.26. The highest BCUT2D eigenvalue weighted by molar-refractivity contribution is 5.13. The van der Waals surface area contributed by atoms with Crippen molar-refractivity contribution in [2.75, 3.05) is 6.61 Å². The summed E-state index contributed by atoms with van der Waals surface area (Å²) in [4.78, 5) is 0. The van der Waals surface area contributed by atoms with Gasteiger partial charge in [-0.05, 0) is 18.6 Å². The third-order valence-electron chi connectivity index (χ3n) is 3.32. The molecular formula is C15H18O4. The Bertz CT molecular complexity index is 431. The van der Waals surface area contributed by atoms with Crippen LogP contribution < -0.4 is 0 Å². The van der Waals surface area contributed by atoms with E-state index in [0.29, 0.717) is 13.2 Å². The third-order valence-corrected chi connectivity index (χ3v) is 3.32. The second kappa shape index (κ2) is 5.74. The van der Waals surface area contributed by atoms with Gasteiger partial charge in [-0.25, -0.2) is 0 Å². The second-order valence-electron chi connectivity index (χ2n) is 4.77. The van der Waals surface area contributed by atoms with Gasteiger partial charge in [0.05, 0.1) is 12.9 Å². The lowest BCUT2D eigenvalue weighted by Crippen LogP contribution is -2.37. The summed E-state index contributed by atoms with van der Waals surface area (Å²) in [5.41, 5.74) is 1.14. The molecule has 1 fully saturated rings. The molecule has 4 nitrogen and oxygen atoms in total. The molecular weight excluding hydrogens is 244 g/mol. The Morgan fingerprint density at radius 2 is 2.05 bits per heavy atom. The molecule has 1 saturated heterocycles. The number of hydrogen-bond donors (Lipinski definition) is 0. The van der Waals surface area contributed by atoms with Gasteiger partial charge in [-0.15, -0.1) is 0 Å². The van der Waals surface area contributed by atoms with Gasteiger partial charge in [0.2, 0.25) is 0 Å². The van der Waals surface area contributed by atoms with Crippen LogP contribution in [0.2, 0.25) is 0 Å². The lowest BCUT2D eigenvalue weighted by molar-refractivity contribution is -0.103. The number of fused-ring (bicyclic) bond motifs is 1. The molecule has 4 atom stereocenters. The summed E-state index contributed by atoms with van der Waals surface area (Å²) in [5, 5.41) is 0. The van der Waals surface area contributed by atoms with Gasteiger partial charge < -0.3 is 18.9 Å². The van der Waals surface area contributed by atoms with Crippen molar-refractivity contribution in [2.45, 2.75) is 38.1 Å². The first-order chi connectivity index (χ1) is 9.33. The van der Waals surface area contributed by atoms with E-state index in [-0.39, 0.29) is 24.6 Å². The Morgan fingerprint density at radius 3 is 2.89 bits per heavy atom. The molecule has 2 aliphatic heterocycles. The van der Waals surface area contributed by atoms with Gasteiger partial charge in [0.15, 0.2) is 6.29 Å². The van der Waals surface area contributed by atoms with Crippen molar-refractivity contribution >= 4 is 0 Å². The fourth-order valence-electron chi connectivity index (χ4n) is 2.38. The molecule has 0 aromatic heterocycles. The average Bonchev–Trinajstić information content (AvgIpc) is 2.70. The Hall–Kier alpha value is -1.36. The van der Waals surface area contributed by atoms with Crippen LogP contribution in [0.1, 0.15) is 12.5 Å². The lowest BCUT2D eigenvalue weighted by Gasteiger charge is -2.22. The van der Waals surface area contributed by atoms with Crippen molar-refractivity contribution in [2.24, 2.45) is 0 Å². The van der Waals surface area contributed by atoms with E-state index in [2.05, 4.69) is 0 Å². The van der Waals surface area contributed by atoms with Gasteiger partial charge in [-0.2, -0.15) is 0 Å². The number of rotatable bonds is 3. The first-order valence-electron chi connectivity index (χ1n) is 6.57. The predicted octanol–water partition coefficient (Wildman–Crippen LogP) is 2.25. The van der Waals surface area contributed by atoms with Crippen molar-refractivity contribution in [1.82, 2.24) is 0 Å². The molecule has 0 saturated carbocycles. The van der Waals surface area contributed by atoms with Crippen LogP contribution in [0.25, 0.3) is 0 Å². The molecule has 1 aromatic rings. The van der Waals surface area contributed by atoms with Crippen molar-refractivity contribution in [3.63, 3.8) is 0 Å². The van der Waals surface area contributed by atoms with Crippen molar-refractivity contribution in [3.8, 4) is 0 Å². The number of hydrogen-bond acceptors (Lipinski definition) is 4. The van der Waals surface area contributed by atoms with Crippen LogP contribution in [0, 0.1) is 0 Å². The summed E-state index contributed by atoms with van der Waals surface area (Å²) in [6.45, 7) is 2.94. The molecule has 0 aliphatic carbocycles. The highest BCUT2D eigenvalue weighted by atomic mass is 16.7. The summed E-state index contributed by atoms with van der Waals surface area (Å²) < 4.78 is 22.8. The molecule has 2 heterocycles. The van der Waals surface area contributed by atoms with Crippen molar-refractivity contribution in [3.05, 3.63) is 48.2 Å². The van der Waals surface area contributed by atoms with Gasteiger partial charge in [-0.1, -0.05) is 30.3 Å². The summed E-state index contributed by atoms with van der Waals surface area (Å²) in [5.74, 6) is 0. The van der Waals surface area contributed by atoms with Gasteiger partial charge >= 0.3 is 0 Å². The van der Waals surface area contributed by atoms with E-state index >= 15 is 0 Å². The molecule has 0 radical (unpaired) electrons. The lowest BCUT2D eigenvalue weighted by atomic mass is 10.1. The Labute approximate surface area is 112 Å². The monoisotopic (exact) mass is 262 g/mol. The molecule has 2 aliphatic rings. The minimum Gasteiger partial charge on any atom is -0.499 e. The average molecular weight is 262 g/mol. The zero-order chi connectivity index (χ0) is 13.1. The van der Waals surface area contributed by atoms with Gasteiger partial charge in [0.25, 0.3) is 0 Å². The maximum atomic E-state index is 5.94. The molecule has 0 bridgehead atoms. The van der Waals surface area contributed by atoms with Gasteiger partial charge in [0, 0.05) is 0 Å². The molecule has 4 unspecified atom stereocenters. The highest BCUT2D eigenvalue weighted by Gasteiger charge is 2.40.